The molecule has 2 heterocycles. The highest BCUT2D eigenvalue weighted by molar-refractivity contribution is 7.10. The molecule has 1 atom stereocenters. The van der Waals surface area contributed by atoms with Gasteiger partial charge in [-0.3, -0.25) is 4.79 Å². The summed E-state index contributed by atoms with van der Waals surface area (Å²) >= 11 is 1.71. The summed E-state index contributed by atoms with van der Waals surface area (Å²) in [7, 11) is 4.06. The van der Waals surface area contributed by atoms with Gasteiger partial charge < -0.3 is 15.2 Å². The van der Waals surface area contributed by atoms with E-state index in [0.29, 0.717) is 12.2 Å². The number of benzene rings is 1. The first-order chi connectivity index (χ1) is 11.0. The zero-order chi connectivity index (χ0) is 16.4. The van der Waals surface area contributed by atoms with Crippen LogP contribution in [0.3, 0.4) is 0 Å². The van der Waals surface area contributed by atoms with E-state index in [1.165, 1.54) is 10.4 Å². The van der Waals surface area contributed by atoms with Crippen molar-refractivity contribution < 1.29 is 4.79 Å². The molecule has 4 nitrogen and oxygen atoms in total. The van der Waals surface area contributed by atoms with E-state index in [1.54, 1.807) is 11.3 Å². The van der Waals surface area contributed by atoms with Crippen molar-refractivity contribution >= 4 is 28.1 Å². The van der Waals surface area contributed by atoms with E-state index in [0.717, 1.165) is 10.9 Å². The number of rotatable bonds is 5. The van der Waals surface area contributed by atoms with Crippen molar-refractivity contribution in [3.63, 3.8) is 0 Å². The Morgan fingerprint density at radius 3 is 2.83 bits per heavy atom. The molecule has 5 heteroatoms. The first-order valence-corrected chi connectivity index (χ1v) is 8.50. The Morgan fingerprint density at radius 2 is 2.13 bits per heavy atom. The van der Waals surface area contributed by atoms with Gasteiger partial charge in [-0.1, -0.05) is 17.7 Å². The van der Waals surface area contributed by atoms with Gasteiger partial charge in [-0.05, 0) is 50.7 Å². The van der Waals surface area contributed by atoms with Gasteiger partial charge in [-0.25, -0.2) is 0 Å². The zero-order valence-electron chi connectivity index (χ0n) is 13.6. The highest BCUT2D eigenvalue weighted by atomic mass is 32.1. The van der Waals surface area contributed by atoms with E-state index < -0.39 is 0 Å². The van der Waals surface area contributed by atoms with Crippen molar-refractivity contribution in [3.05, 3.63) is 57.9 Å². The monoisotopic (exact) mass is 327 g/mol. The number of fused-ring (bicyclic) bond motifs is 1. The van der Waals surface area contributed by atoms with Crippen molar-refractivity contribution in [2.45, 2.75) is 13.0 Å². The zero-order valence-corrected chi connectivity index (χ0v) is 14.4. The van der Waals surface area contributed by atoms with Gasteiger partial charge in [0.05, 0.1) is 6.04 Å². The largest absolute Gasteiger partial charge is 0.351 e. The average Bonchev–Trinajstić information content (AvgIpc) is 3.15. The Hall–Kier alpha value is -2.11. The third-order valence-corrected chi connectivity index (χ3v) is 4.95. The van der Waals surface area contributed by atoms with E-state index in [1.807, 2.05) is 38.4 Å². The summed E-state index contributed by atoms with van der Waals surface area (Å²) in [5.41, 5.74) is 2.78. The molecule has 0 saturated heterocycles. The Labute approximate surface area is 140 Å². The number of aromatic nitrogens is 1. The lowest BCUT2D eigenvalue weighted by atomic mass is 10.2. The van der Waals surface area contributed by atoms with Crippen molar-refractivity contribution in [1.82, 2.24) is 15.2 Å². The van der Waals surface area contributed by atoms with Gasteiger partial charge >= 0.3 is 0 Å². The van der Waals surface area contributed by atoms with Crippen LogP contribution in [0, 0.1) is 6.92 Å². The molecule has 0 aliphatic rings. The fourth-order valence-electron chi connectivity index (χ4n) is 2.68. The van der Waals surface area contributed by atoms with E-state index >= 15 is 0 Å². The molecule has 0 radical (unpaired) electrons. The van der Waals surface area contributed by atoms with Gasteiger partial charge in [-0.15, -0.1) is 11.3 Å². The van der Waals surface area contributed by atoms with Crippen LogP contribution in [-0.4, -0.2) is 36.4 Å². The molecule has 3 rings (SSSR count). The van der Waals surface area contributed by atoms with Gasteiger partial charge in [0.25, 0.3) is 5.91 Å². The molecule has 2 N–H and O–H groups in total. The number of hydrogen-bond acceptors (Lipinski definition) is 3. The molecule has 0 unspecified atom stereocenters. The van der Waals surface area contributed by atoms with Crippen LogP contribution in [-0.2, 0) is 0 Å². The summed E-state index contributed by atoms with van der Waals surface area (Å²) in [6, 6.07) is 12.4. The third kappa shape index (κ3) is 3.46. The van der Waals surface area contributed by atoms with Crippen molar-refractivity contribution in [2.75, 3.05) is 20.6 Å². The van der Waals surface area contributed by atoms with Gasteiger partial charge in [0.1, 0.15) is 5.69 Å². The van der Waals surface area contributed by atoms with E-state index in [4.69, 9.17) is 0 Å². The summed E-state index contributed by atoms with van der Waals surface area (Å²) in [4.78, 5) is 19.0. The second kappa shape index (κ2) is 6.56. The van der Waals surface area contributed by atoms with Crippen LogP contribution in [0.2, 0.25) is 0 Å². The van der Waals surface area contributed by atoms with Crippen LogP contribution in [0.1, 0.15) is 27.0 Å². The Kier molecular flexibility index (Phi) is 4.50. The fraction of sp³-hybridized carbons (Fsp3) is 0.278. The van der Waals surface area contributed by atoms with Crippen LogP contribution >= 0.6 is 11.3 Å². The number of aryl methyl sites for hydroxylation is 1. The third-order valence-electron chi connectivity index (χ3n) is 3.97. The lowest BCUT2D eigenvalue weighted by molar-refractivity contribution is 0.0938. The van der Waals surface area contributed by atoms with Crippen LogP contribution in [0.4, 0.5) is 0 Å². The Balaban J connectivity index is 1.72. The minimum atomic E-state index is -0.0674. The number of H-pyrrole nitrogens is 1. The molecular weight excluding hydrogens is 306 g/mol. The lowest BCUT2D eigenvalue weighted by Gasteiger charge is -2.23. The van der Waals surface area contributed by atoms with Crippen molar-refractivity contribution in [2.24, 2.45) is 0 Å². The number of nitrogens with one attached hydrogen (secondary N) is 2. The number of likely N-dealkylation sites (N-methyl/N-ethyl adjacent to an activating group) is 1. The minimum absolute atomic E-state index is 0.0674. The quantitative estimate of drug-likeness (QED) is 0.752. The first-order valence-electron chi connectivity index (χ1n) is 7.62. The normalized spacial score (nSPS) is 12.7. The molecule has 2 aromatic heterocycles. The van der Waals surface area contributed by atoms with Crippen LogP contribution < -0.4 is 5.32 Å². The second-order valence-corrected chi connectivity index (χ2v) is 6.96. The molecule has 3 aromatic rings. The molecular formula is C18H21N3OS. The summed E-state index contributed by atoms with van der Waals surface area (Å²) in [6.07, 6.45) is 0. The summed E-state index contributed by atoms with van der Waals surface area (Å²) < 4.78 is 0. The number of aromatic amines is 1. The number of amides is 1. The molecule has 0 spiro atoms. The van der Waals surface area contributed by atoms with E-state index in [-0.39, 0.29) is 11.9 Å². The molecule has 0 aliphatic heterocycles. The molecule has 1 aromatic carbocycles. The Bertz CT molecular complexity index is 805. The maximum absolute atomic E-state index is 12.4. The van der Waals surface area contributed by atoms with Crippen molar-refractivity contribution in [1.29, 1.82) is 0 Å². The van der Waals surface area contributed by atoms with Gasteiger partial charge in [0.2, 0.25) is 0 Å². The standard InChI is InChI=1S/C18H21N3OS/c1-12-6-7-14-13(9-12)10-15(20-14)18(22)19-11-16(21(2)3)17-5-4-8-23-17/h4-10,16,20H,11H2,1-3H3,(H,19,22)/t16-/m0/s1. The molecule has 0 aliphatic carbocycles. The topological polar surface area (TPSA) is 48.1 Å². The number of hydrogen-bond donors (Lipinski definition) is 2. The molecule has 0 saturated carbocycles. The second-order valence-electron chi connectivity index (χ2n) is 5.98. The van der Waals surface area contributed by atoms with Crippen LogP contribution in [0.15, 0.2) is 41.8 Å². The number of carbonyl (C=O) groups is 1. The van der Waals surface area contributed by atoms with E-state index in [2.05, 4.69) is 39.6 Å². The summed E-state index contributed by atoms with van der Waals surface area (Å²) in [5.74, 6) is -0.0674. The molecule has 120 valence electrons. The summed E-state index contributed by atoms with van der Waals surface area (Å²) in [5, 5.41) is 6.17. The molecule has 1 amide bonds. The smallest absolute Gasteiger partial charge is 0.267 e. The minimum Gasteiger partial charge on any atom is -0.351 e. The average molecular weight is 327 g/mol. The number of nitrogens with zero attached hydrogens (tertiary/aromatic N) is 1. The summed E-state index contributed by atoms with van der Waals surface area (Å²) in [6.45, 7) is 2.63. The molecule has 23 heavy (non-hydrogen) atoms. The SMILES string of the molecule is Cc1ccc2[nH]c(C(=O)NC[C@@H](c3cccs3)N(C)C)cc2c1. The Morgan fingerprint density at radius 1 is 1.30 bits per heavy atom. The fourth-order valence-corrected chi connectivity index (χ4v) is 3.60. The predicted molar refractivity (Wildman–Crippen MR) is 96.1 cm³/mol. The van der Waals surface area contributed by atoms with Crippen LogP contribution in [0.25, 0.3) is 10.9 Å². The van der Waals surface area contributed by atoms with Gasteiger partial charge in [0, 0.05) is 22.3 Å². The lowest BCUT2D eigenvalue weighted by Crippen LogP contribution is -2.34. The van der Waals surface area contributed by atoms with Crippen LogP contribution in [0.5, 0.6) is 0 Å². The van der Waals surface area contributed by atoms with Gasteiger partial charge in [0.15, 0.2) is 0 Å². The van der Waals surface area contributed by atoms with Gasteiger partial charge in [-0.2, -0.15) is 0 Å². The maximum Gasteiger partial charge on any atom is 0.267 e. The maximum atomic E-state index is 12.4. The number of thiophene rings is 1. The van der Waals surface area contributed by atoms with E-state index in [9.17, 15) is 4.79 Å². The first kappa shape index (κ1) is 15.8. The highest BCUT2D eigenvalue weighted by Crippen LogP contribution is 2.22. The van der Waals surface area contributed by atoms with Crippen molar-refractivity contribution in [3.8, 4) is 0 Å². The molecule has 0 fully saturated rings. The molecule has 0 bridgehead atoms. The predicted octanol–water partition coefficient (Wildman–Crippen LogP) is 3.57. The highest BCUT2D eigenvalue weighted by Gasteiger charge is 2.17. The number of carbonyl (C=O) groups excluding carboxylic acids is 1.